The summed E-state index contributed by atoms with van der Waals surface area (Å²) in [4.78, 5) is 4.75. The van der Waals surface area contributed by atoms with E-state index in [1.54, 1.807) is 0 Å². The van der Waals surface area contributed by atoms with Gasteiger partial charge in [-0.15, -0.1) is 0 Å². The zero-order valence-corrected chi connectivity index (χ0v) is 11.6. The third kappa shape index (κ3) is 3.37. The zero-order valence-electron chi connectivity index (χ0n) is 10.8. The van der Waals surface area contributed by atoms with E-state index < -0.39 is 0 Å². The minimum Gasteiger partial charge on any atom is -0.396 e. The van der Waals surface area contributed by atoms with Crippen LogP contribution in [0, 0.1) is 5.92 Å². The van der Waals surface area contributed by atoms with Crippen LogP contribution in [-0.2, 0) is 0 Å². The molecule has 100 valence electrons. The molecule has 3 nitrogen and oxygen atoms in total. The molecule has 2 rings (SSSR count). The number of para-hydroxylation sites is 1. The summed E-state index contributed by atoms with van der Waals surface area (Å²) in [6.07, 6.45) is 0. The highest BCUT2D eigenvalue weighted by molar-refractivity contribution is 6.33. The number of halogens is 1. The number of rotatable bonds is 4. The summed E-state index contributed by atoms with van der Waals surface area (Å²) >= 11 is 6.21. The molecule has 0 spiro atoms. The smallest absolute Gasteiger partial charge is 0.0639 e. The van der Waals surface area contributed by atoms with Crippen molar-refractivity contribution in [1.82, 2.24) is 4.90 Å². The number of aliphatic hydroxyl groups excluding tert-OH is 1. The van der Waals surface area contributed by atoms with Gasteiger partial charge in [0.1, 0.15) is 0 Å². The Morgan fingerprint density at radius 3 is 2.50 bits per heavy atom. The van der Waals surface area contributed by atoms with Crippen molar-refractivity contribution >= 4 is 17.3 Å². The summed E-state index contributed by atoms with van der Waals surface area (Å²) in [5.41, 5.74) is 1.13. The van der Waals surface area contributed by atoms with E-state index in [-0.39, 0.29) is 6.61 Å². The van der Waals surface area contributed by atoms with Crippen LogP contribution in [0.1, 0.15) is 6.92 Å². The van der Waals surface area contributed by atoms with Crippen molar-refractivity contribution in [1.29, 1.82) is 0 Å². The van der Waals surface area contributed by atoms with Gasteiger partial charge in [-0.2, -0.15) is 0 Å². The van der Waals surface area contributed by atoms with Crippen molar-refractivity contribution in [3.63, 3.8) is 0 Å². The van der Waals surface area contributed by atoms with Crippen LogP contribution >= 0.6 is 11.6 Å². The van der Waals surface area contributed by atoms with Crippen molar-refractivity contribution in [3.8, 4) is 0 Å². The molecule has 1 atom stereocenters. The number of piperazine rings is 1. The van der Waals surface area contributed by atoms with Gasteiger partial charge in [-0.05, 0) is 18.1 Å². The summed E-state index contributed by atoms with van der Waals surface area (Å²) < 4.78 is 0. The quantitative estimate of drug-likeness (QED) is 0.906. The number of anilines is 1. The second kappa shape index (κ2) is 6.41. The van der Waals surface area contributed by atoms with Gasteiger partial charge in [0.15, 0.2) is 0 Å². The van der Waals surface area contributed by atoms with Gasteiger partial charge in [0.25, 0.3) is 0 Å². The van der Waals surface area contributed by atoms with Crippen LogP contribution in [0.2, 0.25) is 5.02 Å². The third-order valence-corrected chi connectivity index (χ3v) is 3.77. The first-order chi connectivity index (χ1) is 8.70. The van der Waals surface area contributed by atoms with Crippen LogP contribution in [0.4, 0.5) is 5.69 Å². The highest BCUT2D eigenvalue weighted by atomic mass is 35.5. The second-order valence-corrected chi connectivity index (χ2v) is 5.43. The standard InChI is InChI=1S/C14H21ClN2O/c1-12(11-18)10-16-6-8-17(9-7-16)14-5-3-2-4-13(14)15/h2-5,12,18H,6-11H2,1H3. The van der Waals surface area contributed by atoms with Gasteiger partial charge in [-0.1, -0.05) is 30.7 Å². The second-order valence-electron chi connectivity index (χ2n) is 5.03. The van der Waals surface area contributed by atoms with Gasteiger partial charge >= 0.3 is 0 Å². The molecule has 0 amide bonds. The van der Waals surface area contributed by atoms with Gasteiger partial charge in [0.2, 0.25) is 0 Å². The largest absolute Gasteiger partial charge is 0.396 e. The monoisotopic (exact) mass is 268 g/mol. The van der Waals surface area contributed by atoms with Gasteiger partial charge in [-0.25, -0.2) is 0 Å². The lowest BCUT2D eigenvalue weighted by Crippen LogP contribution is -2.48. The lowest BCUT2D eigenvalue weighted by Gasteiger charge is -2.37. The molecule has 0 bridgehead atoms. The Morgan fingerprint density at radius 2 is 1.89 bits per heavy atom. The maximum absolute atomic E-state index is 9.08. The molecule has 0 aromatic heterocycles. The fraction of sp³-hybridized carbons (Fsp3) is 0.571. The van der Waals surface area contributed by atoms with Crippen LogP contribution in [0.15, 0.2) is 24.3 Å². The zero-order chi connectivity index (χ0) is 13.0. The van der Waals surface area contributed by atoms with Gasteiger partial charge < -0.3 is 10.0 Å². The molecule has 1 heterocycles. The maximum Gasteiger partial charge on any atom is 0.0639 e. The first kappa shape index (κ1) is 13.7. The molecule has 1 fully saturated rings. The lowest BCUT2D eigenvalue weighted by atomic mass is 10.1. The van der Waals surface area contributed by atoms with Crippen molar-refractivity contribution < 1.29 is 5.11 Å². The summed E-state index contributed by atoms with van der Waals surface area (Å²) in [7, 11) is 0. The van der Waals surface area contributed by atoms with Crippen LogP contribution in [-0.4, -0.2) is 49.3 Å². The van der Waals surface area contributed by atoms with E-state index in [1.807, 2.05) is 18.2 Å². The molecule has 0 radical (unpaired) electrons. The third-order valence-electron chi connectivity index (χ3n) is 3.45. The molecule has 1 aliphatic heterocycles. The van der Waals surface area contributed by atoms with E-state index in [0.717, 1.165) is 43.4 Å². The Morgan fingerprint density at radius 1 is 1.22 bits per heavy atom. The van der Waals surface area contributed by atoms with Crippen molar-refractivity contribution in [2.45, 2.75) is 6.92 Å². The van der Waals surface area contributed by atoms with E-state index in [0.29, 0.717) is 5.92 Å². The Labute approximate surface area is 114 Å². The normalized spacial score (nSPS) is 18.9. The lowest BCUT2D eigenvalue weighted by molar-refractivity contribution is 0.167. The van der Waals surface area contributed by atoms with Crippen molar-refractivity contribution in [2.75, 3.05) is 44.2 Å². The molecule has 1 aromatic carbocycles. The van der Waals surface area contributed by atoms with Gasteiger partial charge in [0.05, 0.1) is 10.7 Å². The fourth-order valence-corrected chi connectivity index (χ4v) is 2.63. The molecule has 4 heteroatoms. The molecule has 0 saturated carbocycles. The predicted molar refractivity (Wildman–Crippen MR) is 76.4 cm³/mol. The average molecular weight is 269 g/mol. The van der Waals surface area contributed by atoms with E-state index in [4.69, 9.17) is 16.7 Å². The van der Waals surface area contributed by atoms with E-state index in [9.17, 15) is 0 Å². The van der Waals surface area contributed by atoms with Gasteiger partial charge in [-0.3, -0.25) is 4.90 Å². The molecular weight excluding hydrogens is 248 g/mol. The van der Waals surface area contributed by atoms with Crippen molar-refractivity contribution in [3.05, 3.63) is 29.3 Å². The van der Waals surface area contributed by atoms with E-state index >= 15 is 0 Å². The summed E-state index contributed by atoms with van der Waals surface area (Å²) in [5, 5.41) is 9.91. The number of hydrogen-bond acceptors (Lipinski definition) is 3. The molecule has 1 aromatic rings. The van der Waals surface area contributed by atoms with Crippen LogP contribution in [0.25, 0.3) is 0 Å². The summed E-state index contributed by atoms with van der Waals surface area (Å²) in [6, 6.07) is 8.01. The fourth-order valence-electron chi connectivity index (χ4n) is 2.38. The van der Waals surface area contributed by atoms with Crippen LogP contribution in [0.5, 0.6) is 0 Å². The highest BCUT2D eigenvalue weighted by Gasteiger charge is 2.19. The number of nitrogens with zero attached hydrogens (tertiary/aromatic N) is 2. The average Bonchev–Trinajstić information content (AvgIpc) is 2.40. The number of aliphatic hydroxyl groups is 1. The molecule has 1 unspecified atom stereocenters. The minimum absolute atomic E-state index is 0.269. The maximum atomic E-state index is 9.08. The first-order valence-corrected chi connectivity index (χ1v) is 6.91. The first-order valence-electron chi connectivity index (χ1n) is 6.53. The Kier molecular flexibility index (Phi) is 4.87. The van der Waals surface area contributed by atoms with E-state index in [1.165, 1.54) is 0 Å². The van der Waals surface area contributed by atoms with Crippen molar-refractivity contribution in [2.24, 2.45) is 5.92 Å². The predicted octanol–water partition coefficient (Wildman–Crippen LogP) is 2.09. The highest BCUT2D eigenvalue weighted by Crippen LogP contribution is 2.26. The van der Waals surface area contributed by atoms with Crippen LogP contribution < -0.4 is 4.90 Å². The molecule has 18 heavy (non-hydrogen) atoms. The molecule has 1 aliphatic rings. The summed E-state index contributed by atoms with van der Waals surface area (Å²) in [5.74, 6) is 0.358. The minimum atomic E-state index is 0.269. The SMILES string of the molecule is CC(CO)CN1CCN(c2ccccc2Cl)CC1. The van der Waals surface area contributed by atoms with Gasteiger partial charge in [0, 0.05) is 39.3 Å². The molecule has 1 N–H and O–H groups in total. The molecule has 0 aliphatic carbocycles. The summed E-state index contributed by atoms with van der Waals surface area (Å²) in [6.45, 7) is 7.41. The van der Waals surface area contributed by atoms with Crippen LogP contribution in [0.3, 0.4) is 0 Å². The Balaban J connectivity index is 1.89. The molecular formula is C14H21ClN2O. The Hall–Kier alpha value is -0.770. The number of hydrogen-bond donors (Lipinski definition) is 1. The van der Waals surface area contributed by atoms with E-state index in [2.05, 4.69) is 22.8 Å². The number of benzene rings is 1. The molecule has 1 saturated heterocycles. The Bertz CT molecular complexity index is 378. The topological polar surface area (TPSA) is 26.7 Å².